The van der Waals surface area contributed by atoms with Crippen LogP contribution in [0.25, 0.3) is 0 Å². The van der Waals surface area contributed by atoms with E-state index in [9.17, 15) is 4.79 Å². The van der Waals surface area contributed by atoms with Gasteiger partial charge in [-0.05, 0) is 13.0 Å². The molecule has 2 N–H and O–H groups in total. The summed E-state index contributed by atoms with van der Waals surface area (Å²) in [5.41, 5.74) is 6.76. The molecule has 0 atom stereocenters. The number of hydrogen-bond acceptors (Lipinski definition) is 4. The normalized spacial score (nSPS) is 9.77. The largest absolute Gasteiger partial charge is 0.465 e. The summed E-state index contributed by atoms with van der Waals surface area (Å²) in [4.78, 5) is 15.0. The molecule has 5 heteroatoms. The highest BCUT2D eigenvalue weighted by atomic mass is 35.5. The Morgan fingerprint density at radius 2 is 2.31 bits per heavy atom. The topological polar surface area (TPSA) is 65.2 Å². The molecule has 0 saturated carbocycles. The monoisotopic (exact) mass is 200 g/mol. The molecule has 0 spiro atoms. The summed E-state index contributed by atoms with van der Waals surface area (Å²) >= 11 is 5.71. The molecule has 0 aliphatic heterocycles. The van der Waals surface area contributed by atoms with Crippen molar-refractivity contribution in [3.8, 4) is 0 Å². The molecule has 0 saturated heterocycles. The second-order valence-corrected chi connectivity index (χ2v) is 2.85. The minimum Gasteiger partial charge on any atom is -0.465 e. The number of carbonyl (C=O) groups is 1. The van der Waals surface area contributed by atoms with Crippen LogP contribution in [0.15, 0.2) is 6.07 Å². The molecule has 0 bridgehead atoms. The first-order valence-electron chi connectivity index (χ1n) is 3.57. The van der Waals surface area contributed by atoms with Gasteiger partial charge in [0.25, 0.3) is 0 Å². The number of rotatable bonds is 1. The second kappa shape index (κ2) is 3.62. The molecule has 1 heterocycles. The number of methoxy groups -OCH3 is 1. The predicted octanol–water partition coefficient (Wildman–Crippen LogP) is 1.41. The number of nitrogen functional groups attached to an aromatic ring is 1. The molecule has 0 aromatic carbocycles. The third-order valence-corrected chi connectivity index (χ3v) is 1.90. The quantitative estimate of drug-likeness (QED) is 0.550. The standard InChI is InChI=1S/C8H9ClN2O2/c1-4-6(10)3-5(7(9)11-4)8(12)13-2/h3H,10H2,1-2H3. The molecule has 0 fully saturated rings. The highest BCUT2D eigenvalue weighted by molar-refractivity contribution is 6.32. The van der Waals surface area contributed by atoms with E-state index in [2.05, 4.69) is 9.72 Å². The zero-order valence-electron chi connectivity index (χ0n) is 7.30. The average molecular weight is 201 g/mol. The lowest BCUT2D eigenvalue weighted by atomic mass is 10.2. The molecule has 1 aromatic heterocycles. The molecular formula is C8H9ClN2O2. The Hall–Kier alpha value is -1.29. The van der Waals surface area contributed by atoms with Gasteiger partial charge in [-0.2, -0.15) is 0 Å². The van der Waals surface area contributed by atoms with Crippen molar-refractivity contribution in [1.82, 2.24) is 4.98 Å². The number of esters is 1. The second-order valence-electron chi connectivity index (χ2n) is 2.49. The van der Waals surface area contributed by atoms with Crippen molar-refractivity contribution in [1.29, 1.82) is 0 Å². The number of hydrogen-bond donors (Lipinski definition) is 1. The van der Waals surface area contributed by atoms with Crippen LogP contribution >= 0.6 is 11.6 Å². The van der Waals surface area contributed by atoms with E-state index in [0.29, 0.717) is 11.4 Å². The minimum absolute atomic E-state index is 0.110. The summed E-state index contributed by atoms with van der Waals surface area (Å²) in [5.74, 6) is -0.538. The number of nitrogens with two attached hydrogens (primary N) is 1. The van der Waals surface area contributed by atoms with Crippen LogP contribution in [0.1, 0.15) is 16.1 Å². The summed E-state index contributed by atoms with van der Waals surface area (Å²) < 4.78 is 4.49. The molecule has 70 valence electrons. The summed E-state index contributed by atoms with van der Waals surface area (Å²) in [6.45, 7) is 1.71. The van der Waals surface area contributed by atoms with Gasteiger partial charge < -0.3 is 10.5 Å². The van der Waals surface area contributed by atoms with E-state index in [1.807, 2.05) is 0 Å². The molecule has 0 amide bonds. The van der Waals surface area contributed by atoms with Gasteiger partial charge in [0, 0.05) is 0 Å². The minimum atomic E-state index is -0.538. The Balaban J connectivity index is 3.23. The fourth-order valence-electron chi connectivity index (χ4n) is 0.845. The van der Waals surface area contributed by atoms with Crippen LogP contribution < -0.4 is 5.73 Å². The maximum Gasteiger partial charge on any atom is 0.341 e. The van der Waals surface area contributed by atoms with Gasteiger partial charge in [0.2, 0.25) is 0 Å². The van der Waals surface area contributed by atoms with Crippen molar-refractivity contribution in [2.24, 2.45) is 0 Å². The number of carbonyl (C=O) groups excluding carboxylic acids is 1. The predicted molar refractivity (Wildman–Crippen MR) is 49.7 cm³/mol. The molecule has 1 rings (SSSR count). The van der Waals surface area contributed by atoms with Crippen molar-refractivity contribution in [3.63, 3.8) is 0 Å². The number of ether oxygens (including phenoxy) is 1. The maximum absolute atomic E-state index is 11.1. The van der Waals surface area contributed by atoms with Crippen LogP contribution in [0.3, 0.4) is 0 Å². The Bertz CT molecular complexity index is 352. The van der Waals surface area contributed by atoms with E-state index in [1.165, 1.54) is 13.2 Å². The Kier molecular flexibility index (Phi) is 2.72. The molecule has 0 aliphatic rings. The fraction of sp³-hybridized carbons (Fsp3) is 0.250. The average Bonchev–Trinajstić information content (AvgIpc) is 2.10. The summed E-state index contributed by atoms with van der Waals surface area (Å²) in [6.07, 6.45) is 0. The molecule has 0 radical (unpaired) electrons. The first-order chi connectivity index (χ1) is 6.06. The highest BCUT2D eigenvalue weighted by Gasteiger charge is 2.13. The number of aromatic nitrogens is 1. The van der Waals surface area contributed by atoms with E-state index in [0.717, 1.165) is 0 Å². The lowest BCUT2D eigenvalue weighted by Gasteiger charge is -2.04. The first kappa shape index (κ1) is 9.80. The van der Waals surface area contributed by atoms with Crippen LogP contribution in [-0.2, 0) is 4.74 Å². The molecule has 0 aliphatic carbocycles. The molecule has 1 aromatic rings. The van der Waals surface area contributed by atoms with Gasteiger partial charge >= 0.3 is 5.97 Å². The van der Waals surface area contributed by atoms with Gasteiger partial charge in [-0.15, -0.1) is 0 Å². The van der Waals surface area contributed by atoms with Crippen LogP contribution in [0, 0.1) is 6.92 Å². The number of anilines is 1. The third kappa shape index (κ3) is 1.89. The van der Waals surface area contributed by atoms with Crippen LogP contribution in [0.4, 0.5) is 5.69 Å². The summed E-state index contributed by atoms with van der Waals surface area (Å²) in [5, 5.41) is 0.110. The van der Waals surface area contributed by atoms with Crippen molar-refractivity contribution in [3.05, 3.63) is 22.5 Å². The van der Waals surface area contributed by atoms with Gasteiger partial charge in [0.05, 0.1) is 24.1 Å². The van der Waals surface area contributed by atoms with E-state index >= 15 is 0 Å². The third-order valence-electron chi connectivity index (χ3n) is 1.61. The summed E-state index contributed by atoms with van der Waals surface area (Å²) in [6, 6.07) is 1.45. The van der Waals surface area contributed by atoms with Gasteiger partial charge in [0.15, 0.2) is 0 Å². The smallest absolute Gasteiger partial charge is 0.341 e. The van der Waals surface area contributed by atoms with Gasteiger partial charge in [-0.3, -0.25) is 0 Å². The van der Waals surface area contributed by atoms with E-state index in [4.69, 9.17) is 17.3 Å². The molecule has 0 unspecified atom stereocenters. The van der Waals surface area contributed by atoms with Crippen molar-refractivity contribution in [2.45, 2.75) is 6.92 Å². The Morgan fingerprint density at radius 3 is 2.85 bits per heavy atom. The number of pyridine rings is 1. The molecule has 4 nitrogen and oxygen atoms in total. The van der Waals surface area contributed by atoms with Crippen molar-refractivity contribution < 1.29 is 9.53 Å². The van der Waals surface area contributed by atoms with Crippen molar-refractivity contribution >= 4 is 23.3 Å². The fourth-order valence-corrected chi connectivity index (χ4v) is 1.10. The van der Waals surface area contributed by atoms with Crippen molar-refractivity contribution in [2.75, 3.05) is 12.8 Å². The Labute approximate surface area is 80.7 Å². The maximum atomic E-state index is 11.1. The lowest BCUT2D eigenvalue weighted by Crippen LogP contribution is -2.06. The van der Waals surface area contributed by atoms with E-state index in [1.54, 1.807) is 6.92 Å². The Morgan fingerprint density at radius 1 is 1.69 bits per heavy atom. The molecule has 13 heavy (non-hydrogen) atoms. The van der Waals surface area contributed by atoms with Crippen LogP contribution in [0.5, 0.6) is 0 Å². The summed E-state index contributed by atoms with van der Waals surface area (Å²) in [7, 11) is 1.27. The zero-order chi connectivity index (χ0) is 10.0. The van der Waals surface area contributed by atoms with Gasteiger partial charge in [0.1, 0.15) is 5.15 Å². The number of nitrogens with zero attached hydrogens (tertiary/aromatic N) is 1. The van der Waals surface area contributed by atoms with Gasteiger partial charge in [-0.25, -0.2) is 9.78 Å². The zero-order valence-corrected chi connectivity index (χ0v) is 8.05. The lowest BCUT2D eigenvalue weighted by molar-refractivity contribution is 0.0600. The SMILES string of the molecule is COC(=O)c1cc(N)c(C)nc1Cl. The number of halogens is 1. The number of aryl methyl sites for hydroxylation is 1. The first-order valence-corrected chi connectivity index (χ1v) is 3.95. The molecular weight excluding hydrogens is 192 g/mol. The van der Waals surface area contributed by atoms with Gasteiger partial charge in [-0.1, -0.05) is 11.6 Å². The van der Waals surface area contributed by atoms with E-state index < -0.39 is 5.97 Å². The highest BCUT2D eigenvalue weighted by Crippen LogP contribution is 2.19. The van der Waals surface area contributed by atoms with Crippen LogP contribution in [-0.4, -0.2) is 18.1 Å². The van der Waals surface area contributed by atoms with E-state index in [-0.39, 0.29) is 10.7 Å². The van der Waals surface area contributed by atoms with Crippen LogP contribution in [0.2, 0.25) is 5.15 Å².